The zero-order valence-electron chi connectivity index (χ0n) is 11.2. The van der Waals surface area contributed by atoms with E-state index in [-0.39, 0.29) is 6.42 Å². The summed E-state index contributed by atoms with van der Waals surface area (Å²) in [5.74, 6) is -0.476. The molecule has 0 radical (unpaired) electrons. The van der Waals surface area contributed by atoms with Gasteiger partial charge in [-0.05, 0) is 12.1 Å². The number of aromatic amines is 1. The molecule has 0 fully saturated rings. The van der Waals surface area contributed by atoms with Crippen LogP contribution in [-0.2, 0) is 11.2 Å². The number of nitrogens with one attached hydrogen (secondary N) is 1. The molecule has 5 heteroatoms. The molecule has 1 heterocycles. The third-order valence-corrected chi connectivity index (χ3v) is 2.94. The molecule has 2 rings (SSSR count). The zero-order valence-corrected chi connectivity index (χ0v) is 11.2. The molecular formula is C14H16N2O3. The lowest BCUT2D eigenvalue weighted by atomic mass is 10.1. The third-order valence-electron chi connectivity index (χ3n) is 2.94. The van der Waals surface area contributed by atoms with Crippen molar-refractivity contribution >= 4 is 22.6 Å². The molecule has 0 aliphatic carbocycles. The number of nitrogens with zero attached hydrogens (tertiary/aromatic N) is 1. The number of aromatic nitrogens is 1. The first-order valence-corrected chi connectivity index (χ1v) is 5.91. The summed E-state index contributed by atoms with van der Waals surface area (Å²) in [6.07, 6.45) is -0.165. The van der Waals surface area contributed by atoms with Gasteiger partial charge in [0, 0.05) is 31.9 Å². The highest BCUT2D eigenvalue weighted by atomic mass is 16.5. The van der Waals surface area contributed by atoms with Gasteiger partial charge in [-0.2, -0.15) is 0 Å². The van der Waals surface area contributed by atoms with Crippen molar-refractivity contribution in [2.24, 2.45) is 0 Å². The third kappa shape index (κ3) is 2.76. The molecule has 0 spiro atoms. The van der Waals surface area contributed by atoms with Crippen LogP contribution in [0.3, 0.4) is 0 Å². The van der Waals surface area contributed by atoms with E-state index < -0.39 is 5.97 Å². The summed E-state index contributed by atoms with van der Waals surface area (Å²) in [6, 6.07) is 7.55. The van der Waals surface area contributed by atoms with E-state index in [1.807, 2.05) is 37.2 Å². The van der Waals surface area contributed by atoms with E-state index in [1.54, 1.807) is 13.2 Å². The van der Waals surface area contributed by atoms with Crippen molar-refractivity contribution in [1.82, 2.24) is 0 Å². The second-order valence-corrected chi connectivity index (χ2v) is 4.54. The number of aliphatic carboxylic acids is 1. The fourth-order valence-electron chi connectivity index (χ4n) is 1.99. The average molecular weight is 260 g/mol. The Morgan fingerprint density at radius 1 is 1.37 bits per heavy atom. The van der Waals surface area contributed by atoms with Crippen LogP contribution in [0.2, 0.25) is 0 Å². The van der Waals surface area contributed by atoms with Gasteiger partial charge < -0.3 is 19.5 Å². The molecular weight excluding hydrogens is 244 g/mol. The second kappa shape index (κ2) is 5.14. The van der Waals surface area contributed by atoms with E-state index in [1.165, 1.54) is 0 Å². The van der Waals surface area contributed by atoms with Gasteiger partial charge in [-0.15, -0.1) is 0 Å². The Bertz CT molecular complexity index is 623. The smallest absolute Gasteiger partial charge is 0.214 e. The van der Waals surface area contributed by atoms with Crippen LogP contribution in [0.15, 0.2) is 24.3 Å². The Labute approximate surface area is 111 Å². The molecule has 19 heavy (non-hydrogen) atoms. The van der Waals surface area contributed by atoms with Crippen molar-refractivity contribution in [2.45, 2.75) is 6.42 Å². The summed E-state index contributed by atoms with van der Waals surface area (Å²) < 4.78 is 5.33. The number of carboxylic acid groups (broad SMARTS) is 1. The molecule has 1 aromatic heterocycles. The first-order valence-electron chi connectivity index (χ1n) is 5.91. The summed E-state index contributed by atoms with van der Waals surface area (Å²) >= 11 is 0. The van der Waals surface area contributed by atoms with Gasteiger partial charge in [0.15, 0.2) is 5.69 Å². The van der Waals surface area contributed by atoms with Gasteiger partial charge in [0.2, 0.25) is 5.52 Å². The van der Waals surface area contributed by atoms with E-state index in [0.717, 1.165) is 16.6 Å². The van der Waals surface area contributed by atoms with Crippen LogP contribution in [-0.4, -0.2) is 27.2 Å². The van der Waals surface area contributed by atoms with Crippen molar-refractivity contribution in [3.63, 3.8) is 0 Å². The number of H-pyrrole nitrogens is 1. The lowest BCUT2D eigenvalue weighted by molar-refractivity contribution is -0.362. The minimum atomic E-state index is -1.12. The van der Waals surface area contributed by atoms with E-state index in [4.69, 9.17) is 4.74 Å². The fourth-order valence-corrected chi connectivity index (χ4v) is 1.99. The van der Waals surface area contributed by atoms with Crippen molar-refractivity contribution in [3.05, 3.63) is 30.0 Å². The molecule has 0 bridgehead atoms. The number of carbonyl (C=O) groups excluding carboxylic acids is 1. The summed E-state index contributed by atoms with van der Waals surface area (Å²) in [7, 11) is 5.49. The van der Waals surface area contributed by atoms with Gasteiger partial charge in [-0.3, -0.25) is 0 Å². The summed E-state index contributed by atoms with van der Waals surface area (Å²) in [4.78, 5) is 15.7. The number of hydrogen-bond acceptors (Lipinski definition) is 4. The number of pyridine rings is 1. The van der Waals surface area contributed by atoms with Gasteiger partial charge in [-0.1, -0.05) is 0 Å². The Balaban J connectivity index is 2.59. The van der Waals surface area contributed by atoms with Crippen LogP contribution in [0.4, 0.5) is 5.69 Å². The molecule has 2 aromatic rings. The summed E-state index contributed by atoms with van der Waals surface area (Å²) in [5.41, 5.74) is 2.44. The van der Waals surface area contributed by atoms with Crippen molar-refractivity contribution in [2.75, 3.05) is 26.1 Å². The lowest BCUT2D eigenvalue weighted by Crippen LogP contribution is -2.28. The summed E-state index contributed by atoms with van der Waals surface area (Å²) in [6.45, 7) is 0. The molecule has 0 unspecified atom stereocenters. The predicted octanol–water partition coefficient (Wildman–Crippen LogP) is 0.0209. The first-order chi connectivity index (χ1) is 9.01. The molecule has 1 N–H and O–H groups in total. The first kappa shape index (κ1) is 13.1. The van der Waals surface area contributed by atoms with Crippen LogP contribution in [0.25, 0.3) is 10.9 Å². The summed E-state index contributed by atoms with van der Waals surface area (Å²) in [5, 5.41) is 11.6. The largest absolute Gasteiger partial charge is 0.550 e. The molecule has 0 aliphatic rings. The number of benzene rings is 1. The maximum Gasteiger partial charge on any atom is 0.214 e. The Morgan fingerprint density at radius 3 is 2.68 bits per heavy atom. The van der Waals surface area contributed by atoms with E-state index in [9.17, 15) is 9.90 Å². The number of carbonyl (C=O) groups is 1. The van der Waals surface area contributed by atoms with Crippen molar-refractivity contribution in [1.29, 1.82) is 0 Å². The van der Waals surface area contributed by atoms with Gasteiger partial charge in [0.25, 0.3) is 0 Å². The number of anilines is 1. The van der Waals surface area contributed by atoms with Crippen LogP contribution in [0.5, 0.6) is 5.75 Å². The number of methoxy groups -OCH3 is 1. The molecule has 5 nitrogen and oxygen atoms in total. The monoisotopic (exact) mass is 260 g/mol. The highest BCUT2D eigenvalue weighted by Crippen LogP contribution is 2.27. The Morgan fingerprint density at radius 2 is 2.11 bits per heavy atom. The normalized spacial score (nSPS) is 10.5. The highest BCUT2D eigenvalue weighted by molar-refractivity contribution is 5.86. The number of hydrogen-bond donors (Lipinski definition) is 0. The Hall–Kier alpha value is -2.30. The van der Waals surface area contributed by atoms with Gasteiger partial charge in [0.05, 0.1) is 24.9 Å². The van der Waals surface area contributed by atoms with Crippen LogP contribution in [0.1, 0.15) is 5.69 Å². The topological polar surface area (TPSA) is 66.7 Å². The number of rotatable bonds is 4. The molecule has 0 saturated carbocycles. The van der Waals surface area contributed by atoms with Crippen LogP contribution >= 0.6 is 0 Å². The van der Waals surface area contributed by atoms with Crippen molar-refractivity contribution < 1.29 is 19.6 Å². The maximum atomic E-state index is 10.7. The Kier molecular flexibility index (Phi) is 3.55. The molecule has 0 amide bonds. The van der Waals surface area contributed by atoms with E-state index in [0.29, 0.717) is 11.4 Å². The van der Waals surface area contributed by atoms with Gasteiger partial charge in [0.1, 0.15) is 5.75 Å². The highest BCUT2D eigenvalue weighted by Gasteiger charge is 2.13. The van der Waals surface area contributed by atoms with Gasteiger partial charge in [-0.25, -0.2) is 4.98 Å². The SMILES string of the molecule is COc1cc(CC(=O)[O-])[nH+]c2ccc(N(C)C)cc12. The quantitative estimate of drug-likeness (QED) is 0.777. The minimum Gasteiger partial charge on any atom is -0.550 e. The molecule has 100 valence electrons. The lowest BCUT2D eigenvalue weighted by Gasteiger charge is -2.13. The number of ether oxygens (including phenoxy) is 1. The van der Waals surface area contributed by atoms with Crippen molar-refractivity contribution in [3.8, 4) is 5.75 Å². The average Bonchev–Trinajstić information content (AvgIpc) is 2.36. The number of carboxylic acids is 1. The van der Waals surface area contributed by atoms with Crippen LogP contribution < -0.4 is 19.7 Å². The maximum absolute atomic E-state index is 10.7. The van der Waals surface area contributed by atoms with Crippen LogP contribution in [0, 0.1) is 0 Å². The fraction of sp³-hybridized carbons (Fsp3) is 0.286. The minimum absolute atomic E-state index is 0.165. The number of fused-ring (bicyclic) bond motifs is 1. The van der Waals surface area contributed by atoms with E-state index in [2.05, 4.69) is 4.98 Å². The molecule has 1 aromatic carbocycles. The standard InChI is InChI=1S/C14H16N2O3/c1-16(2)10-4-5-12-11(8-10)13(19-3)6-9(15-12)7-14(17)18/h4-6,8H,7H2,1-3H3,(H,17,18). The predicted molar refractivity (Wildman–Crippen MR) is 70.1 cm³/mol. The molecule has 0 saturated heterocycles. The molecule has 0 aliphatic heterocycles. The molecule has 0 atom stereocenters. The van der Waals surface area contributed by atoms with E-state index >= 15 is 0 Å². The zero-order chi connectivity index (χ0) is 14.0. The second-order valence-electron chi connectivity index (χ2n) is 4.54. The van der Waals surface area contributed by atoms with Gasteiger partial charge >= 0.3 is 0 Å².